The quantitative estimate of drug-likeness (QED) is 0.742. The Balaban J connectivity index is 2.45. The van der Waals surface area contributed by atoms with Crippen molar-refractivity contribution in [1.82, 2.24) is 9.97 Å². The molecule has 0 N–H and O–H groups in total. The fourth-order valence-corrected chi connectivity index (χ4v) is 2.60. The standard InChI is InChI=1S/C13H16N2P/c1-16(2,3)12-6-4-5-11(9-12)13-7-8-14-10-15-13/h4-10H,1-3H3/q+1. The number of aromatic nitrogens is 2. The highest BCUT2D eigenvalue weighted by molar-refractivity contribution is 7.80. The molecule has 16 heavy (non-hydrogen) atoms. The van der Waals surface area contributed by atoms with Gasteiger partial charge in [0.2, 0.25) is 0 Å². The van der Waals surface area contributed by atoms with E-state index in [1.54, 1.807) is 12.5 Å². The molecule has 0 unspecified atom stereocenters. The lowest BCUT2D eigenvalue weighted by atomic mass is 10.1. The van der Waals surface area contributed by atoms with E-state index >= 15 is 0 Å². The molecule has 1 aromatic carbocycles. The average Bonchev–Trinajstić information content (AvgIpc) is 2.29. The summed E-state index contributed by atoms with van der Waals surface area (Å²) in [6.07, 6.45) is 3.37. The second-order valence-electron chi connectivity index (χ2n) is 4.66. The van der Waals surface area contributed by atoms with Gasteiger partial charge in [-0.3, -0.25) is 0 Å². The fraction of sp³-hybridized carbons (Fsp3) is 0.231. The molecule has 0 aliphatic heterocycles. The molecule has 0 aliphatic carbocycles. The first-order chi connectivity index (χ1) is 7.57. The van der Waals surface area contributed by atoms with Gasteiger partial charge in [0.25, 0.3) is 0 Å². The molecule has 1 aromatic heterocycles. The number of nitrogens with zero attached hydrogens (tertiary/aromatic N) is 2. The van der Waals surface area contributed by atoms with Crippen LogP contribution in [0.2, 0.25) is 0 Å². The molecule has 3 heteroatoms. The first-order valence-corrected chi connectivity index (χ1v) is 8.39. The van der Waals surface area contributed by atoms with Gasteiger partial charge in [-0.2, -0.15) is 0 Å². The van der Waals surface area contributed by atoms with Crippen LogP contribution in [-0.4, -0.2) is 30.0 Å². The summed E-state index contributed by atoms with van der Waals surface area (Å²) in [6, 6.07) is 10.6. The van der Waals surface area contributed by atoms with E-state index in [1.807, 2.05) is 6.07 Å². The Labute approximate surface area is 97.1 Å². The van der Waals surface area contributed by atoms with E-state index in [0.29, 0.717) is 0 Å². The van der Waals surface area contributed by atoms with Gasteiger partial charge in [0.15, 0.2) is 0 Å². The summed E-state index contributed by atoms with van der Waals surface area (Å²) in [4.78, 5) is 8.21. The molecule has 2 aromatic rings. The van der Waals surface area contributed by atoms with E-state index in [-0.39, 0.29) is 0 Å². The third-order valence-corrected chi connectivity index (χ3v) is 4.33. The van der Waals surface area contributed by atoms with Gasteiger partial charge >= 0.3 is 0 Å². The van der Waals surface area contributed by atoms with Crippen LogP contribution < -0.4 is 5.30 Å². The lowest BCUT2D eigenvalue weighted by Gasteiger charge is -2.12. The van der Waals surface area contributed by atoms with Crippen LogP contribution in [0.25, 0.3) is 11.3 Å². The second kappa shape index (κ2) is 4.31. The maximum absolute atomic E-state index is 4.27. The van der Waals surface area contributed by atoms with E-state index in [4.69, 9.17) is 0 Å². The highest BCUT2D eigenvalue weighted by Gasteiger charge is 2.21. The minimum Gasteiger partial charge on any atom is -0.245 e. The third kappa shape index (κ3) is 2.45. The van der Waals surface area contributed by atoms with Crippen LogP contribution in [0.15, 0.2) is 42.9 Å². The summed E-state index contributed by atoms with van der Waals surface area (Å²) < 4.78 is 0. The van der Waals surface area contributed by atoms with Gasteiger partial charge in [0.1, 0.15) is 6.33 Å². The van der Waals surface area contributed by atoms with Crippen LogP contribution in [0, 0.1) is 0 Å². The Hall–Kier alpha value is -1.27. The lowest BCUT2D eigenvalue weighted by Crippen LogP contribution is -2.07. The van der Waals surface area contributed by atoms with Crippen molar-refractivity contribution in [3.8, 4) is 11.3 Å². The molecule has 82 valence electrons. The zero-order valence-corrected chi connectivity index (χ0v) is 10.8. The van der Waals surface area contributed by atoms with Crippen molar-refractivity contribution in [2.75, 3.05) is 20.0 Å². The van der Waals surface area contributed by atoms with Crippen molar-refractivity contribution in [3.63, 3.8) is 0 Å². The average molecular weight is 231 g/mol. The van der Waals surface area contributed by atoms with Gasteiger partial charge in [-0.25, -0.2) is 9.97 Å². The number of rotatable bonds is 2. The molecule has 0 bridgehead atoms. The summed E-state index contributed by atoms with van der Waals surface area (Å²) in [7, 11) is -0.959. The zero-order chi connectivity index (χ0) is 11.6. The molecule has 0 aliphatic rings. The normalized spacial score (nSPS) is 11.4. The molecule has 2 rings (SSSR count). The van der Waals surface area contributed by atoms with Crippen LogP contribution in [-0.2, 0) is 0 Å². The van der Waals surface area contributed by atoms with Crippen molar-refractivity contribution in [1.29, 1.82) is 0 Å². The molecular formula is C13H16N2P+. The van der Waals surface area contributed by atoms with Crippen LogP contribution >= 0.6 is 7.26 Å². The molecule has 0 amide bonds. The molecule has 0 saturated carbocycles. The van der Waals surface area contributed by atoms with E-state index in [0.717, 1.165) is 5.69 Å². The van der Waals surface area contributed by atoms with Crippen molar-refractivity contribution in [2.45, 2.75) is 0 Å². The Kier molecular flexibility index (Phi) is 3.02. The lowest BCUT2D eigenvalue weighted by molar-refractivity contribution is 1.17. The molecule has 0 radical (unpaired) electrons. The topological polar surface area (TPSA) is 25.8 Å². The first-order valence-electron chi connectivity index (χ1n) is 5.26. The van der Waals surface area contributed by atoms with E-state index in [2.05, 4.69) is 54.2 Å². The number of benzene rings is 1. The van der Waals surface area contributed by atoms with Crippen molar-refractivity contribution in [3.05, 3.63) is 42.9 Å². The van der Waals surface area contributed by atoms with Gasteiger partial charge in [-0.05, 0) is 18.2 Å². The highest BCUT2D eigenvalue weighted by atomic mass is 31.2. The largest absolute Gasteiger partial charge is 0.245 e. The molecular weight excluding hydrogens is 215 g/mol. The van der Waals surface area contributed by atoms with E-state index < -0.39 is 7.26 Å². The van der Waals surface area contributed by atoms with Crippen LogP contribution in [0.5, 0.6) is 0 Å². The third-order valence-electron chi connectivity index (χ3n) is 2.50. The smallest absolute Gasteiger partial charge is 0.116 e. The molecule has 0 spiro atoms. The predicted molar refractivity (Wildman–Crippen MR) is 71.8 cm³/mol. The molecule has 0 fully saturated rings. The summed E-state index contributed by atoms with van der Waals surface area (Å²) in [5.74, 6) is 0. The highest BCUT2D eigenvalue weighted by Crippen LogP contribution is 2.45. The summed E-state index contributed by atoms with van der Waals surface area (Å²) >= 11 is 0. The number of hydrogen-bond donors (Lipinski definition) is 0. The van der Waals surface area contributed by atoms with Crippen LogP contribution in [0.3, 0.4) is 0 Å². The Morgan fingerprint density at radius 3 is 2.50 bits per heavy atom. The summed E-state index contributed by atoms with van der Waals surface area (Å²) in [5.41, 5.74) is 2.17. The Morgan fingerprint density at radius 2 is 1.88 bits per heavy atom. The fourth-order valence-electron chi connectivity index (χ4n) is 1.54. The maximum Gasteiger partial charge on any atom is 0.116 e. The van der Waals surface area contributed by atoms with Crippen LogP contribution in [0.4, 0.5) is 0 Å². The number of hydrogen-bond acceptors (Lipinski definition) is 2. The maximum atomic E-state index is 4.27. The minimum absolute atomic E-state index is 0.959. The zero-order valence-electron chi connectivity index (χ0n) is 9.88. The van der Waals surface area contributed by atoms with Crippen LogP contribution in [0.1, 0.15) is 0 Å². The Morgan fingerprint density at radius 1 is 1.06 bits per heavy atom. The van der Waals surface area contributed by atoms with Crippen molar-refractivity contribution in [2.24, 2.45) is 0 Å². The molecule has 1 heterocycles. The molecule has 2 nitrogen and oxygen atoms in total. The van der Waals surface area contributed by atoms with Gasteiger partial charge in [-0.1, -0.05) is 12.1 Å². The van der Waals surface area contributed by atoms with Crippen molar-refractivity contribution >= 4 is 12.6 Å². The minimum atomic E-state index is -0.959. The first kappa shape index (κ1) is 11.2. The van der Waals surface area contributed by atoms with Gasteiger partial charge in [0.05, 0.1) is 31.0 Å². The SMILES string of the molecule is C[P+](C)(C)c1cccc(-c2ccncn2)c1. The van der Waals surface area contributed by atoms with E-state index in [1.165, 1.54) is 10.9 Å². The van der Waals surface area contributed by atoms with Crippen molar-refractivity contribution < 1.29 is 0 Å². The summed E-state index contributed by atoms with van der Waals surface area (Å²) in [6.45, 7) is 6.98. The molecule has 0 atom stereocenters. The van der Waals surface area contributed by atoms with E-state index in [9.17, 15) is 0 Å². The molecule has 0 saturated heterocycles. The van der Waals surface area contributed by atoms with Gasteiger partial charge in [0, 0.05) is 19.0 Å². The Bertz CT molecular complexity index is 475. The van der Waals surface area contributed by atoms with Gasteiger partial charge < -0.3 is 0 Å². The van der Waals surface area contributed by atoms with Gasteiger partial charge in [-0.15, -0.1) is 0 Å². The second-order valence-corrected chi connectivity index (χ2v) is 9.20. The summed E-state index contributed by atoms with van der Waals surface area (Å²) in [5, 5.41) is 1.43. The predicted octanol–water partition coefficient (Wildman–Crippen LogP) is 2.68. The monoisotopic (exact) mass is 231 g/mol.